The van der Waals surface area contributed by atoms with Gasteiger partial charge in [-0.05, 0) is 38.9 Å². The van der Waals surface area contributed by atoms with Crippen molar-refractivity contribution in [3.8, 4) is 0 Å². The maximum Gasteiger partial charge on any atom is 0.310 e. The summed E-state index contributed by atoms with van der Waals surface area (Å²) in [5, 5.41) is 0. The van der Waals surface area contributed by atoms with Crippen molar-refractivity contribution in [1.82, 2.24) is 9.80 Å². The highest BCUT2D eigenvalue weighted by Crippen LogP contribution is 2.18. The van der Waals surface area contributed by atoms with Crippen LogP contribution in [0.2, 0.25) is 0 Å². The molecule has 1 saturated heterocycles. The lowest BCUT2D eigenvalue weighted by Gasteiger charge is -2.26. The predicted molar refractivity (Wildman–Crippen MR) is 73.4 cm³/mol. The Bertz CT molecular complexity index is 269. The van der Waals surface area contributed by atoms with E-state index in [0.29, 0.717) is 5.92 Å². The van der Waals surface area contributed by atoms with E-state index < -0.39 is 0 Å². The summed E-state index contributed by atoms with van der Waals surface area (Å²) in [5.41, 5.74) is 0. The molecule has 1 fully saturated rings. The third-order valence-corrected chi connectivity index (χ3v) is 3.88. The number of rotatable bonds is 6. The lowest BCUT2D eigenvalue weighted by molar-refractivity contribution is -0.147. The maximum atomic E-state index is 11.7. The highest BCUT2D eigenvalue weighted by atomic mass is 16.5. The molecule has 4 nitrogen and oxygen atoms in total. The highest BCUT2D eigenvalue weighted by Gasteiger charge is 2.26. The molecule has 0 aromatic carbocycles. The molecule has 18 heavy (non-hydrogen) atoms. The van der Waals surface area contributed by atoms with E-state index in [0.717, 1.165) is 19.0 Å². The van der Waals surface area contributed by atoms with Crippen molar-refractivity contribution in [1.29, 1.82) is 0 Å². The first kappa shape index (κ1) is 15.4. The number of nitrogens with zero attached hydrogens (tertiary/aromatic N) is 2. The molecule has 1 aliphatic heterocycles. The lowest BCUT2D eigenvalue weighted by atomic mass is 9.95. The molecule has 0 aliphatic carbocycles. The molecule has 0 saturated carbocycles. The predicted octanol–water partition coefficient (Wildman–Crippen LogP) is 1.32. The average molecular weight is 256 g/mol. The molecule has 2 atom stereocenters. The molecule has 0 aromatic rings. The van der Waals surface area contributed by atoms with E-state index in [1.165, 1.54) is 26.6 Å². The first-order valence-electron chi connectivity index (χ1n) is 6.89. The highest BCUT2D eigenvalue weighted by molar-refractivity contribution is 5.72. The van der Waals surface area contributed by atoms with Crippen LogP contribution in [0, 0.1) is 17.8 Å². The van der Waals surface area contributed by atoms with Gasteiger partial charge in [-0.15, -0.1) is 0 Å². The van der Waals surface area contributed by atoms with Gasteiger partial charge in [-0.1, -0.05) is 13.8 Å². The molecule has 1 rings (SSSR count). The largest absolute Gasteiger partial charge is 0.469 e. The Hall–Kier alpha value is -0.610. The molecule has 0 N–H and O–H groups in total. The van der Waals surface area contributed by atoms with Crippen molar-refractivity contribution < 1.29 is 9.53 Å². The summed E-state index contributed by atoms with van der Waals surface area (Å²) in [7, 11) is 5.76. The first-order valence-corrected chi connectivity index (χ1v) is 6.89. The fourth-order valence-electron chi connectivity index (χ4n) is 2.74. The molecule has 0 aromatic heterocycles. The van der Waals surface area contributed by atoms with Crippen molar-refractivity contribution in [3.63, 3.8) is 0 Å². The van der Waals surface area contributed by atoms with E-state index >= 15 is 0 Å². The number of esters is 1. The monoisotopic (exact) mass is 256 g/mol. The fraction of sp³-hybridized carbons (Fsp3) is 0.929. The second kappa shape index (κ2) is 7.10. The zero-order valence-electron chi connectivity index (χ0n) is 12.5. The molecule has 0 bridgehead atoms. The number of hydrogen-bond donors (Lipinski definition) is 0. The summed E-state index contributed by atoms with van der Waals surface area (Å²) in [6.45, 7) is 8.41. The minimum atomic E-state index is -0.0830. The van der Waals surface area contributed by atoms with Gasteiger partial charge in [0.15, 0.2) is 0 Å². The minimum Gasteiger partial charge on any atom is -0.469 e. The second-order valence-corrected chi connectivity index (χ2v) is 6.01. The average Bonchev–Trinajstić information content (AvgIpc) is 2.70. The van der Waals surface area contributed by atoms with Crippen LogP contribution >= 0.6 is 0 Å². The van der Waals surface area contributed by atoms with Crippen LogP contribution in [0.3, 0.4) is 0 Å². The van der Waals surface area contributed by atoms with Gasteiger partial charge in [-0.25, -0.2) is 0 Å². The van der Waals surface area contributed by atoms with Gasteiger partial charge in [0.2, 0.25) is 0 Å². The Morgan fingerprint density at radius 2 is 2.17 bits per heavy atom. The maximum absolute atomic E-state index is 11.7. The Labute approximate surface area is 111 Å². The van der Waals surface area contributed by atoms with Crippen LogP contribution in [0.25, 0.3) is 0 Å². The van der Waals surface area contributed by atoms with Crippen molar-refractivity contribution >= 4 is 5.97 Å². The zero-order chi connectivity index (χ0) is 13.7. The van der Waals surface area contributed by atoms with E-state index in [9.17, 15) is 4.79 Å². The van der Waals surface area contributed by atoms with Gasteiger partial charge in [-0.2, -0.15) is 0 Å². The first-order chi connectivity index (χ1) is 8.43. The van der Waals surface area contributed by atoms with Crippen LogP contribution in [0.15, 0.2) is 0 Å². The summed E-state index contributed by atoms with van der Waals surface area (Å²) in [6, 6.07) is 0. The van der Waals surface area contributed by atoms with E-state index in [1.807, 2.05) is 0 Å². The van der Waals surface area contributed by atoms with Gasteiger partial charge in [0.25, 0.3) is 0 Å². The quantitative estimate of drug-likeness (QED) is 0.671. The van der Waals surface area contributed by atoms with Crippen LogP contribution in [-0.2, 0) is 9.53 Å². The lowest BCUT2D eigenvalue weighted by Crippen LogP contribution is -2.37. The number of carbonyl (C=O) groups excluding carboxylic acids is 1. The molecule has 0 radical (unpaired) electrons. The minimum absolute atomic E-state index is 0.0147. The molecule has 1 heterocycles. The molecular formula is C14H28N2O2. The Balaban J connectivity index is 2.41. The molecule has 2 unspecified atom stereocenters. The van der Waals surface area contributed by atoms with E-state index in [2.05, 4.69) is 37.7 Å². The van der Waals surface area contributed by atoms with Gasteiger partial charge >= 0.3 is 5.97 Å². The van der Waals surface area contributed by atoms with Gasteiger partial charge in [0.1, 0.15) is 0 Å². The number of methoxy groups -OCH3 is 1. The van der Waals surface area contributed by atoms with Gasteiger partial charge in [-0.3, -0.25) is 4.79 Å². The number of hydrogen-bond acceptors (Lipinski definition) is 4. The molecular weight excluding hydrogens is 228 g/mol. The number of ether oxygens (including phenoxy) is 1. The topological polar surface area (TPSA) is 32.8 Å². The van der Waals surface area contributed by atoms with Crippen molar-refractivity contribution in [2.24, 2.45) is 17.8 Å². The zero-order valence-corrected chi connectivity index (χ0v) is 12.5. The van der Waals surface area contributed by atoms with Gasteiger partial charge in [0.05, 0.1) is 13.0 Å². The van der Waals surface area contributed by atoms with Gasteiger partial charge in [0, 0.05) is 19.6 Å². The normalized spacial score (nSPS) is 22.7. The smallest absolute Gasteiger partial charge is 0.310 e. The van der Waals surface area contributed by atoms with Crippen LogP contribution in [0.5, 0.6) is 0 Å². The molecule has 0 spiro atoms. The van der Waals surface area contributed by atoms with E-state index in [1.54, 1.807) is 0 Å². The van der Waals surface area contributed by atoms with Crippen molar-refractivity contribution in [2.45, 2.75) is 20.3 Å². The standard InChI is InChI=1S/C14H28N2O2/c1-11(2)13(14(17)18-5)10-16(4)9-12-6-7-15(3)8-12/h11-13H,6-10H2,1-5H3. The van der Waals surface area contributed by atoms with E-state index in [-0.39, 0.29) is 11.9 Å². The SMILES string of the molecule is COC(=O)C(CN(C)CC1CCN(C)C1)C(C)C. The molecule has 106 valence electrons. The third kappa shape index (κ3) is 4.58. The van der Waals surface area contributed by atoms with Crippen molar-refractivity contribution in [2.75, 3.05) is 47.4 Å². The summed E-state index contributed by atoms with van der Waals surface area (Å²) in [5.74, 6) is 0.969. The Morgan fingerprint density at radius 1 is 1.50 bits per heavy atom. The Kier molecular flexibility index (Phi) is 6.09. The van der Waals surface area contributed by atoms with Crippen LogP contribution in [-0.4, -0.2) is 63.2 Å². The molecule has 4 heteroatoms. The fourth-order valence-corrected chi connectivity index (χ4v) is 2.74. The van der Waals surface area contributed by atoms with Crippen LogP contribution in [0.1, 0.15) is 20.3 Å². The summed E-state index contributed by atoms with van der Waals surface area (Å²) in [6.07, 6.45) is 1.27. The molecule has 0 amide bonds. The summed E-state index contributed by atoms with van der Waals surface area (Å²) < 4.78 is 4.89. The van der Waals surface area contributed by atoms with Crippen molar-refractivity contribution in [3.05, 3.63) is 0 Å². The van der Waals surface area contributed by atoms with E-state index in [4.69, 9.17) is 4.74 Å². The number of likely N-dealkylation sites (tertiary alicyclic amines) is 1. The third-order valence-electron chi connectivity index (χ3n) is 3.88. The Morgan fingerprint density at radius 3 is 2.61 bits per heavy atom. The van der Waals surface area contributed by atoms with Crippen LogP contribution < -0.4 is 0 Å². The van der Waals surface area contributed by atoms with Crippen LogP contribution in [0.4, 0.5) is 0 Å². The molecule has 1 aliphatic rings. The number of carbonyl (C=O) groups is 1. The summed E-state index contributed by atoms with van der Waals surface area (Å²) >= 11 is 0. The summed E-state index contributed by atoms with van der Waals surface area (Å²) in [4.78, 5) is 16.4. The second-order valence-electron chi connectivity index (χ2n) is 6.01. The van der Waals surface area contributed by atoms with Gasteiger partial charge < -0.3 is 14.5 Å².